The molecule has 0 spiro atoms. The van der Waals surface area contributed by atoms with Crippen LogP contribution in [0.3, 0.4) is 0 Å². The minimum Gasteiger partial charge on any atom is -0.444 e. The fraction of sp³-hybridized carbons (Fsp3) is 0.760. The molecular weight excluding hydrogens is 514 g/mol. The highest BCUT2D eigenvalue weighted by Crippen LogP contribution is 2.45. The van der Waals surface area contributed by atoms with Crippen molar-refractivity contribution in [2.45, 2.75) is 102 Å². The fourth-order valence-electron chi connectivity index (χ4n) is 4.62. The molecule has 0 aromatic carbocycles. The number of ether oxygens (including phenoxy) is 1. The van der Waals surface area contributed by atoms with Crippen LogP contribution in [0.4, 0.5) is 4.79 Å². The van der Waals surface area contributed by atoms with Crippen molar-refractivity contribution in [3.05, 3.63) is 12.7 Å². The molecule has 0 aromatic heterocycles. The van der Waals surface area contributed by atoms with E-state index in [1.807, 2.05) is 0 Å². The van der Waals surface area contributed by atoms with Crippen LogP contribution in [0, 0.1) is 11.3 Å². The molecule has 0 radical (unpaired) electrons. The molecule has 1 heterocycles. The van der Waals surface area contributed by atoms with Crippen LogP contribution in [0.15, 0.2) is 12.7 Å². The number of hydrogen-bond acceptors (Lipinski definition) is 8. The van der Waals surface area contributed by atoms with Gasteiger partial charge in [0.2, 0.25) is 21.8 Å². The highest BCUT2D eigenvalue weighted by molar-refractivity contribution is 7.91. The number of nitrogens with one attached hydrogen (secondary N) is 3. The van der Waals surface area contributed by atoms with E-state index in [2.05, 4.69) is 21.9 Å². The van der Waals surface area contributed by atoms with Crippen molar-refractivity contribution < 1.29 is 32.3 Å². The molecule has 4 amide bonds. The van der Waals surface area contributed by atoms with E-state index in [4.69, 9.17) is 10.5 Å². The number of rotatable bonds is 8. The van der Waals surface area contributed by atoms with E-state index in [0.717, 1.165) is 0 Å². The average molecular weight is 556 g/mol. The van der Waals surface area contributed by atoms with Gasteiger partial charge in [0, 0.05) is 18.5 Å². The SMILES string of the molecule is C=C[C@H]1C[C@]1(NC(=O)[C@@H]1C[C@@H](N)CN1C(=O)[C@@H](NC(=O)OC(C)(C)C)C(C)(C)C)C(=O)NS(=O)(=O)C1CC1. The lowest BCUT2D eigenvalue weighted by Crippen LogP contribution is -2.60. The zero-order valence-corrected chi connectivity index (χ0v) is 23.8. The van der Waals surface area contributed by atoms with E-state index in [-0.39, 0.29) is 19.4 Å². The van der Waals surface area contributed by atoms with Gasteiger partial charge in [-0.05, 0) is 51.9 Å². The van der Waals surface area contributed by atoms with Crippen molar-refractivity contribution in [2.75, 3.05) is 6.54 Å². The summed E-state index contributed by atoms with van der Waals surface area (Å²) in [6, 6.07) is -2.55. The number of carbonyl (C=O) groups excluding carboxylic acids is 4. The second-order valence-electron chi connectivity index (χ2n) is 12.6. The molecule has 0 aromatic rings. The molecule has 0 bridgehead atoms. The zero-order valence-electron chi connectivity index (χ0n) is 23.0. The maximum atomic E-state index is 13.7. The van der Waals surface area contributed by atoms with Gasteiger partial charge in [-0.3, -0.25) is 19.1 Å². The number of sulfonamides is 1. The Morgan fingerprint density at radius 1 is 1.13 bits per heavy atom. The molecule has 5 atom stereocenters. The second-order valence-corrected chi connectivity index (χ2v) is 14.6. The van der Waals surface area contributed by atoms with E-state index in [0.29, 0.717) is 12.8 Å². The van der Waals surface area contributed by atoms with Gasteiger partial charge >= 0.3 is 6.09 Å². The molecule has 2 aliphatic carbocycles. The first-order valence-corrected chi connectivity index (χ1v) is 14.4. The Labute approximate surface area is 224 Å². The molecule has 3 fully saturated rings. The Hall–Kier alpha value is -2.67. The van der Waals surface area contributed by atoms with Gasteiger partial charge in [0.15, 0.2) is 0 Å². The van der Waals surface area contributed by atoms with Gasteiger partial charge in [0.05, 0.1) is 5.25 Å². The third-order valence-electron chi connectivity index (χ3n) is 6.94. The highest BCUT2D eigenvalue weighted by Gasteiger charge is 2.62. The first-order chi connectivity index (χ1) is 17.3. The molecule has 38 heavy (non-hydrogen) atoms. The standard InChI is InChI=1S/C25H41N5O7S/c1-8-14-12-25(14,21(33)29-38(35,36)16-9-10-16)28-19(31)17-11-15(26)13-30(17)20(32)18(23(2,3)4)27-22(34)37-24(5,6)7/h8,14-18H,1,9-13,26H2,2-7H3,(H,27,34)(H,28,31)(H,29,33)/t14-,15+,17-,18+,25+/m0/s1. The van der Waals surface area contributed by atoms with E-state index >= 15 is 0 Å². The van der Waals surface area contributed by atoms with Gasteiger partial charge in [0.25, 0.3) is 5.91 Å². The quantitative estimate of drug-likeness (QED) is 0.313. The number of amides is 4. The highest BCUT2D eigenvalue weighted by atomic mass is 32.2. The van der Waals surface area contributed by atoms with Crippen LogP contribution in [-0.4, -0.2) is 78.2 Å². The smallest absolute Gasteiger partial charge is 0.408 e. The molecule has 214 valence electrons. The number of nitrogens with two attached hydrogens (primary N) is 1. The minimum absolute atomic E-state index is 0.0691. The van der Waals surface area contributed by atoms with Crippen molar-refractivity contribution in [3.8, 4) is 0 Å². The van der Waals surface area contributed by atoms with E-state index < -0.39 is 79.7 Å². The van der Waals surface area contributed by atoms with E-state index in [9.17, 15) is 27.6 Å². The van der Waals surface area contributed by atoms with Crippen LogP contribution in [0.1, 0.15) is 67.2 Å². The third kappa shape index (κ3) is 6.66. The Bertz CT molecular complexity index is 1110. The molecule has 1 saturated heterocycles. The Morgan fingerprint density at radius 2 is 1.74 bits per heavy atom. The summed E-state index contributed by atoms with van der Waals surface area (Å²) in [5.41, 5.74) is 3.16. The normalized spacial score (nSPS) is 28.2. The number of hydrogen-bond donors (Lipinski definition) is 4. The topological polar surface area (TPSA) is 177 Å². The van der Waals surface area contributed by atoms with Crippen LogP contribution in [0.2, 0.25) is 0 Å². The molecule has 12 nitrogen and oxygen atoms in total. The average Bonchev–Trinajstić information content (AvgIpc) is 3.66. The first-order valence-electron chi connectivity index (χ1n) is 12.9. The molecule has 5 N–H and O–H groups in total. The van der Waals surface area contributed by atoms with Gasteiger partial charge < -0.3 is 26.0 Å². The summed E-state index contributed by atoms with van der Waals surface area (Å²) >= 11 is 0. The van der Waals surface area contributed by atoms with Crippen molar-refractivity contribution in [2.24, 2.45) is 17.1 Å². The van der Waals surface area contributed by atoms with Crippen LogP contribution < -0.4 is 21.1 Å². The van der Waals surface area contributed by atoms with Crippen LogP contribution in [0.25, 0.3) is 0 Å². The number of nitrogens with zero attached hydrogens (tertiary/aromatic N) is 1. The van der Waals surface area contributed by atoms with Crippen molar-refractivity contribution in [1.82, 2.24) is 20.3 Å². The summed E-state index contributed by atoms with van der Waals surface area (Å²) < 4.78 is 32.2. The van der Waals surface area contributed by atoms with Gasteiger partial charge in [-0.15, -0.1) is 6.58 Å². The zero-order chi connectivity index (χ0) is 28.8. The predicted octanol–water partition coefficient (Wildman–Crippen LogP) is 0.523. The molecular formula is C25H41N5O7S. The molecule has 1 aliphatic heterocycles. The predicted molar refractivity (Wildman–Crippen MR) is 140 cm³/mol. The molecule has 3 aliphatic rings. The van der Waals surface area contributed by atoms with Crippen molar-refractivity contribution >= 4 is 33.8 Å². The summed E-state index contributed by atoms with van der Waals surface area (Å²) in [7, 11) is -3.82. The lowest BCUT2D eigenvalue weighted by molar-refractivity contribution is -0.142. The Balaban J connectivity index is 1.79. The summed E-state index contributed by atoms with van der Waals surface area (Å²) in [5.74, 6) is -2.42. The van der Waals surface area contributed by atoms with Crippen LogP contribution in [0.5, 0.6) is 0 Å². The number of carbonyl (C=O) groups is 4. The van der Waals surface area contributed by atoms with Crippen LogP contribution >= 0.6 is 0 Å². The van der Waals surface area contributed by atoms with E-state index in [1.165, 1.54) is 11.0 Å². The van der Waals surface area contributed by atoms with Gasteiger partial charge in [-0.25, -0.2) is 13.2 Å². The van der Waals surface area contributed by atoms with Crippen molar-refractivity contribution in [1.29, 1.82) is 0 Å². The third-order valence-corrected chi connectivity index (χ3v) is 8.76. The summed E-state index contributed by atoms with van der Waals surface area (Å²) in [4.78, 5) is 54.0. The van der Waals surface area contributed by atoms with Crippen LogP contribution in [-0.2, 0) is 29.1 Å². The summed E-state index contributed by atoms with van der Waals surface area (Å²) in [6.07, 6.45) is 2.01. The number of likely N-dealkylation sites (tertiary alicyclic amines) is 1. The lowest BCUT2D eigenvalue weighted by Gasteiger charge is -2.36. The summed E-state index contributed by atoms with van der Waals surface area (Å²) in [5, 5.41) is 4.73. The summed E-state index contributed by atoms with van der Waals surface area (Å²) in [6.45, 7) is 14.2. The van der Waals surface area contributed by atoms with Gasteiger partial charge in [0.1, 0.15) is 23.2 Å². The van der Waals surface area contributed by atoms with Gasteiger partial charge in [-0.2, -0.15) is 0 Å². The molecule has 0 unspecified atom stereocenters. The fourth-order valence-corrected chi connectivity index (χ4v) is 5.98. The van der Waals surface area contributed by atoms with Crippen molar-refractivity contribution in [3.63, 3.8) is 0 Å². The molecule has 13 heteroatoms. The van der Waals surface area contributed by atoms with E-state index in [1.54, 1.807) is 41.5 Å². The molecule has 3 rings (SSSR count). The maximum absolute atomic E-state index is 13.7. The van der Waals surface area contributed by atoms with Gasteiger partial charge in [-0.1, -0.05) is 26.8 Å². The number of alkyl carbamates (subject to hydrolysis) is 1. The Kier molecular flexibility index (Phi) is 7.97. The minimum atomic E-state index is -3.82. The largest absolute Gasteiger partial charge is 0.444 e. The lowest BCUT2D eigenvalue weighted by atomic mass is 9.85. The maximum Gasteiger partial charge on any atom is 0.408 e. The monoisotopic (exact) mass is 555 g/mol. The first kappa shape index (κ1) is 29.9. The second kappa shape index (κ2) is 10.1. The Morgan fingerprint density at radius 3 is 2.21 bits per heavy atom. The molecule has 2 saturated carbocycles.